The molecule has 1 fully saturated rings. The van der Waals surface area contributed by atoms with Crippen LogP contribution in [0.2, 0.25) is 10.0 Å². The lowest BCUT2D eigenvalue weighted by Gasteiger charge is -2.34. The molecule has 1 saturated heterocycles. The molecule has 136 valence electrons. The fraction of sp³-hybridized carbons (Fsp3) is 0.400. The van der Waals surface area contributed by atoms with Crippen molar-refractivity contribution in [3.8, 4) is 0 Å². The van der Waals surface area contributed by atoms with Gasteiger partial charge in [0.15, 0.2) is 5.82 Å². The maximum absolute atomic E-state index is 12.6. The summed E-state index contributed by atoms with van der Waals surface area (Å²) in [5.74, 6) is 0.926. The van der Waals surface area contributed by atoms with Crippen LogP contribution in [0.1, 0.15) is 22.1 Å². The minimum Gasteiger partial charge on any atom is -0.338 e. The topological polar surface area (TPSA) is 88.5 Å². The monoisotopic (exact) mass is 405 g/mol. The molecule has 25 heavy (non-hydrogen) atoms. The maximum Gasteiger partial charge on any atom is 0.255 e. The first-order valence-corrected chi connectivity index (χ1v) is 8.31. The molecular weight excluding hydrogens is 389 g/mol. The van der Waals surface area contributed by atoms with Crippen molar-refractivity contribution in [2.45, 2.75) is 13.1 Å². The molecule has 1 amide bonds. The molecule has 1 aromatic heterocycles. The number of nitrogens with zero attached hydrogens (tertiary/aromatic N) is 4. The molecule has 1 aliphatic heterocycles. The zero-order valence-electron chi connectivity index (χ0n) is 13.3. The predicted octanol–water partition coefficient (Wildman–Crippen LogP) is 2.21. The van der Waals surface area contributed by atoms with E-state index in [0.29, 0.717) is 47.0 Å². The van der Waals surface area contributed by atoms with Crippen LogP contribution in [0.5, 0.6) is 0 Å². The van der Waals surface area contributed by atoms with Crippen LogP contribution in [-0.2, 0) is 13.1 Å². The summed E-state index contributed by atoms with van der Waals surface area (Å²) in [4.78, 5) is 20.7. The van der Waals surface area contributed by atoms with Gasteiger partial charge >= 0.3 is 0 Å². The van der Waals surface area contributed by atoms with Crippen LogP contribution in [0.3, 0.4) is 0 Å². The Morgan fingerprint density at radius 1 is 1.24 bits per heavy atom. The number of nitrogens with two attached hydrogens (primary N) is 1. The molecule has 3 rings (SSSR count). The lowest BCUT2D eigenvalue weighted by atomic mass is 10.1. The number of hydrogen-bond donors (Lipinski definition) is 1. The number of hydrogen-bond acceptors (Lipinski definition) is 6. The molecule has 0 aliphatic carbocycles. The molecular formula is C15H18Cl3N5O2. The molecule has 0 unspecified atom stereocenters. The standard InChI is InChI=1S/C15H17Cl2N5O2.ClH/c16-11-3-1-2-10(14(11)17)15(23)22-6-4-21(5-7-22)9-12-19-13(8-18)24-20-12;/h1-3H,4-9,18H2;1H. The SMILES string of the molecule is Cl.NCc1nc(CN2CCN(C(=O)c3cccc(Cl)c3Cl)CC2)no1. The average Bonchev–Trinajstić information content (AvgIpc) is 3.05. The van der Waals surface area contributed by atoms with E-state index in [4.69, 9.17) is 33.5 Å². The number of rotatable bonds is 4. The third kappa shape index (κ3) is 4.62. The van der Waals surface area contributed by atoms with Gasteiger partial charge in [0, 0.05) is 26.2 Å². The van der Waals surface area contributed by atoms with Gasteiger partial charge < -0.3 is 15.2 Å². The normalized spacial score (nSPS) is 15.1. The lowest BCUT2D eigenvalue weighted by molar-refractivity contribution is 0.0624. The summed E-state index contributed by atoms with van der Waals surface area (Å²) in [5.41, 5.74) is 5.89. The average molecular weight is 407 g/mol. The van der Waals surface area contributed by atoms with Crippen molar-refractivity contribution in [3.63, 3.8) is 0 Å². The second-order valence-corrected chi connectivity index (χ2v) is 6.26. The Hall–Kier alpha value is -1.38. The second kappa shape index (κ2) is 8.82. The summed E-state index contributed by atoms with van der Waals surface area (Å²) >= 11 is 12.1. The van der Waals surface area contributed by atoms with Gasteiger partial charge in [-0.2, -0.15) is 4.98 Å². The number of carbonyl (C=O) groups is 1. The molecule has 1 aromatic carbocycles. The van der Waals surface area contributed by atoms with Gasteiger partial charge in [-0.05, 0) is 12.1 Å². The van der Waals surface area contributed by atoms with Crippen LogP contribution in [0, 0.1) is 0 Å². The lowest BCUT2D eigenvalue weighted by Crippen LogP contribution is -2.48. The largest absolute Gasteiger partial charge is 0.338 e. The summed E-state index contributed by atoms with van der Waals surface area (Å²) in [5, 5.41) is 4.57. The van der Waals surface area contributed by atoms with Gasteiger partial charge in [-0.25, -0.2) is 0 Å². The quantitative estimate of drug-likeness (QED) is 0.837. The van der Waals surface area contributed by atoms with Crippen molar-refractivity contribution in [3.05, 3.63) is 45.5 Å². The first-order chi connectivity index (χ1) is 11.6. The third-order valence-electron chi connectivity index (χ3n) is 3.89. The highest BCUT2D eigenvalue weighted by molar-refractivity contribution is 6.43. The van der Waals surface area contributed by atoms with E-state index in [2.05, 4.69) is 15.0 Å². The molecule has 0 radical (unpaired) electrons. The molecule has 0 bridgehead atoms. The number of carbonyl (C=O) groups excluding carboxylic acids is 1. The van der Waals surface area contributed by atoms with Crippen molar-refractivity contribution >= 4 is 41.5 Å². The fourth-order valence-corrected chi connectivity index (χ4v) is 2.97. The van der Waals surface area contributed by atoms with Crippen LogP contribution >= 0.6 is 35.6 Å². The third-order valence-corrected chi connectivity index (χ3v) is 4.71. The van der Waals surface area contributed by atoms with Gasteiger partial charge in [0.05, 0.1) is 28.7 Å². The summed E-state index contributed by atoms with van der Waals surface area (Å²) in [7, 11) is 0. The minimum atomic E-state index is -0.105. The van der Waals surface area contributed by atoms with Gasteiger partial charge in [-0.3, -0.25) is 9.69 Å². The van der Waals surface area contributed by atoms with E-state index in [1.54, 1.807) is 23.1 Å². The van der Waals surface area contributed by atoms with Gasteiger partial charge in [0.1, 0.15) is 0 Å². The fourth-order valence-electron chi connectivity index (χ4n) is 2.59. The van der Waals surface area contributed by atoms with Crippen molar-refractivity contribution in [2.75, 3.05) is 26.2 Å². The Kier molecular flexibility index (Phi) is 7.04. The smallest absolute Gasteiger partial charge is 0.255 e. The van der Waals surface area contributed by atoms with Crippen LogP contribution in [0.15, 0.2) is 22.7 Å². The molecule has 10 heteroatoms. The summed E-state index contributed by atoms with van der Waals surface area (Å²) < 4.78 is 4.99. The van der Waals surface area contributed by atoms with Crippen LogP contribution in [0.4, 0.5) is 0 Å². The molecule has 7 nitrogen and oxygen atoms in total. The molecule has 2 aromatic rings. The molecule has 2 N–H and O–H groups in total. The van der Waals surface area contributed by atoms with Gasteiger partial charge in [0.25, 0.3) is 5.91 Å². The van der Waals surface area contributed by atoms with Crippen LogP contribution < -0.4 is 5.73 Å². The van der Waals surface area contributed by atoms with Crippen molar-refractivity contribution in [1.29, 1.82) is 0 Å². The Bertz CT molecular complexity index is 732. The maximum atomic E-state index is 12.6. The summed E-state index contributed by atoms with van der Waals surface area (Å²) in [6, 6.07) is 5.08. The van der Waals surface area contributed by atoms with Gasteiger partial charge in [-0.15, -0.1) is 12.4 Å². The highest BCUT2D eigenvalue weighted by Gasteiger charge is 2.25. The Labute approximate surface area is 161 Å². The number of aromatic nitrogens is 2. The van der Waals surface area contributed by atoms with Crippen molar-refractivity contribution in [2.24, 2.45) is 5.73 Å². The Balaban J connectivity index is 0.00000225. The van der Waals surface area contributed by atoms with Crippen LogP contribution in [0.25, 0.3) is 0 Å². The molecule has 0 saturated carbocycles. The highest BCUT2D eigenvalue weighted by atomic mass is 35.5. The molecule has 2 heterocycles. The minimum absolute atomic E-state index is 0. The molecule has 1 aliphatic rings. The van der Waals surface area contributed by atoms with E-state index in [1.165, 1.54) is 0 Å². The summed E-state index contributed by atoms with van der Waals surface area (Å²) in [6.45, 7) is 3.44. The van der Waals surface area contributed by atoms with Crippen molar-refractivity contribution < 1.29 is 9.32 Å². The van der Waals surface area contributed by atoms with E-state index in [0.717, 1.165) is 13.1 Å². The molecule has 0 atom stereocenters. The zero-order chi connectivity index (χ0) is 17.1. The number of piperazine rings is 1. The second-order valence-electron chi connectivity index (χ2n) is 5.48. The van der Waals surface area contributed by atoms with E-state index in [1.807, 2.05) is 0 Å². The number of benzene rings is 1. The van der Waals surface area contributed by atoms with E-state index in [9.17, 15) is 4.79 Å². The van der Waals surface area contributed by atoms with E-state index in [-0.39, 0.29) is 24.9 Å². The predicted molar refractivity (Wildman–Crippen MR) is 97.1 cm³/mol. The Morgan fingerprint density at radius 2 is 1.96 bits per heavy atom. The Morgan fingerprint density at radius 3 is 2.60 bits per heavy atom. The van der Waals surface area contributed by atoms with Crippen LogP contribution in [-0.4, -0.2) is 52.0 Å². The highest BCUT2D eigenvalue weighted by Crippen LogP contribution is 2.26. The number of amides is 1. The van der Waals surface area contributed by atoms with Gasteiger partial charge in [0.2, 0.25) is 5.89 Å². The summed E-state index contributed by atoms with van der Waals surface area (Å²) in [6.07, 6.45) is 0. The zero-order valence-corrected chi connectivity index (χ0v) is 15.6. The van der Waals surface area contributed by atoms with E-state index >= 15 is 0 Å². The molecule has 0 spiro atoms. The first kappa shape index (κ1) is 19.9. The van der Waals surface area contributed by atoms with Crippen molar-refractivity contribution in [1.82, 2.24) is 19.9 Å². The number of halogens is 3. The van der Waals surface area contributed by atoms with E-state index < -0.39 is 0 Å². The first-order valence-electron chi connectivity index (χ1n) is 7.55. The van der Waals surface area contributed by atoms with Gasteiger partial charge in [-0.1, -0.05) is 34.4 Å².